The first-order valence-electron chi connectivity index (χ1n) is 13.0. The maximum absolute atomic E-state index is 15.4. The Kier molecular flexibility index (Phi) is 7.68. The van der Waals surface area contributed by atoms with Gasteiger partial charge in [-0.3, -0.25) is 4.79 Å². The molecule has 0 bridgehead atoms. The molecule has 4 rings (SSSR count). The monoisotopic (exact) mass is 564 g/mol. The van der Waals surface area contributed by atoms with Crippen molar-refractivity contribution in [2.24, 2.45) is 11.3 Å². The van der Waals surface area contributed by atoms with Crippen molar-refractivity contribution in [3.05, 3.63) is 63.4 Å². The zero-order chi connectivity index (χ0) is 27.4. The fraction of sp³-hybridized carbons (Fsp3) is 0.552. The molecule has 1 amide bonds. The Labute approximate surface area is 231 Å². The first-order valence-corrected chi connectivity index (χ1v) is 16.7. The Morgan fingerprint density at radius 3 is 2.51 bits per heavy atom. The van der Waals surface area contributed by atoms with Crippen molar-refractivity contribution in [2.75, 3.05) is 18.5 Å². The molecule has 202 valence electrons. The predicted molar refractivity (Wildman–Crippen MR) is 154 cm³/mol. The van der Waals surface area contributed by atoms with E-state index in [2.05, 4.69) is 58.3 Å². The van der Waals surface area contributed by atoms with Crippen molar-refractivity contribution in [1.29, 1.82) is 0 Å². The summed E-state index contributed by atoms with van der Waals surface area (Å²) in [6.07, 6.45) is 1.65. The van der Waals surface area contributed by atoms with Crippen molar-refractivity contribution >= 4 is 43.1 Å². The van der Waals surface area contributed by atoms with Gasteiger partial charge in [-0.15, -0.1) is 0 Å². The third-order valence-corrected chi connectivity index (χ3v) is 13.9. The maximum Gasteiger partial charge on any atom is 0.237 e. The molecular formula is C29H39Cl2FN2O2Si. The van der Waals surface area contributed by atoms with E-state index in [-0.39, 0.29) is 27.3 Å². The average Bonchev–Trinajstić information content (AvgIpc) is 3.27. The number of hydrogen-bond acceptors (Lipinski definition) is 3. The number of nitrogens with one attached hydrogen (secondary N) is 2. The molecular weight excluding hydrogens is 526 g/mol. The maximum atomic E-state index is 15.4. The van der Waals surface area contributed by atoms with Crippen molar-refractivity contribution in [3.63, 3.8) is 0 Å². The molecule has 2 aromatic carbocycles. The van der Waals surface area contributed by atoms with Crippen molar-refractivity contribution < 1.29 is 13.6 Å². The molecule has 1 spiro atoms. The number of amides is 1. The summed E-state index contributed by atoms with van der Waals surface area (Å²) in [6, 6.07) is 9.94. The molecule has 0 radical (unpaired) electrons. The van der Waals surface area contributed by atoms with Gasteiger partial charge in [-0.25, -0.2) is 4.39 Å². The molecule has 2 N–H and O–H groups in total. The van der Waals surface area contributed by atoms with Crippen LogP contribution in [0.2, 0.25) is 28.2 Å². The summed E-state index contributed by atoms with van der Waals surface area (Å²) in [4.78, 5) is 13.9. The van der Waals surface area contributed by atoms with Gasteiger partial charge in [-0.2, -0.15) is 0 Å². The SMILES string of the molecule is CC(C)(CCO[Si](C)(C)C(C)(C)C)CC1CNC(c2cccc(Cl)c2F)C12C(=O)Nc1cc(Cl)ccc12. The number of fused-ring (bicyclic) bond motifs is 2. The van der Waals surface area contributed by atoms with E-state index in [1.165, 1.54) is 6.07 Å². The van der Waals surface area contributed by atoms with Crippen molar-refractivity contribution in [2.45, 2.75) is 77.0 Å². The van der Waals surface area contributed by atoms with Gasteiger partial charge in [0.2, 0.25) is 5.91 Å². The zero-order valence-electron chi connectivity index (χ0n) is 22.9. The Bertz CT molecular complexity index is 1200. The third kappa shape index (κ3) is 5.12. The minimum Gasteiger partial charge on any atom is -0.417 e. The van der Waals surface area contributed by atoms with Crippen LogP contribution in [-0.4, -0.2) is 27.4 Å². The Hall–Kier alpha value is -1.44. The van der Waals surface area contributed by atoms with Gasteiger partial charge in [-0.05, 0) is 66.1 Å². The molecule has 37 heavy (non-hydrogen) atoms. The Morgan fingerprint density at radius 1 is 1.14 bits per heavy atom. The number of rotatable bonds is 7. The van der Waals surface area contributed by atoms with Crippen LogP contribution in [0.1, 0.15) is 64.6 Å². The molecule has 2 aliphatic heterocycles. The second-order valence-electron chi connectivity index (χ2n) is 12.9. The zero-order valence-corrected chi connectivity index (χ0v) is 25.4. The van der Waals surface area contributed by atoms with E-state index in [0.29, 0.717) is 29.4 Å². The van der Waals surface area contributed by atoms with Crippen LogP contribution in [0.3, 0.4) is 0 Å². The number of carbonyl (C=O) groups excluding carboxylic acids is 1. The molecule has 1 saturated heterocycles. The Morgan fingerprint density at radius 2 is 1.84 bits per heavy atom. The lowest BCUT2D eigenvalue weighted by molar-refractivity contribution is -0.123. The van der Waals surface area contributed by atoms with E-state index in [4.69, 9.17) is 27.6 Å². The Balaban J connectivity index is 1.68. The molecule has 4 nitrogen and oxygen atoms in total. The van der Waals surface area contributed by atoms with E-state index in [1.54, 1.807) is 24.3 Å². The van der Waals surface area contributed by atoms with Crippen LogP contribution in [0, 0.1) is 17.2 Å². The molecule has 2 heterocycles. The fourth-order valence-corrected chi connectivity index (χ4v) is 7.14. The molecule has 1 fully saturated rings. The van der Waals surface area contributed by atoms with Crippen molar-refractivity contribution in [3.8, 4) is 0 Å². The first kappa shape index (κ1) is 28.6. The second kappa shape index (κ2) is 9.94. The van der Waals surface area contributed by atoms with Crippen LogP contribution in [0.4, 0.5) is 10.1 Å². The standard InChI is InChI=1S/C29H39Cl2FN2O2Si/c1-27(2,3)37(6,7)36-14-13-28(4,5)16-18-17-33-25(20-9-8-10-22(31)24(20)32)29(18)21-12-11-19(30)15-23(21)34-26(29)35/h8-12,15,18,25,33H,13-14,16-17H2,1-7H3,(H,34,35). The summed E-state index contributed by atoms with van der Waals surface area (Å²) >= 11 is 12.5. The normalized spacial score (nSPS) is 24.0. The van der Waals surface area contributed by atoms with Gasteiger partial charge in [0.15, 0.2) is 8.32 Å². The molecule has 0 aliphatic carbocycles. The van der Waals surface area contributed by atoms with E-state index in [0.717, 1.165) is 18.4 Å². The highest BCUT2D eigenvalue weighted by Crippen LogP contribution is 2.57. The summed E-state index contributed by atoms with van der Waals surface area (Å²) in [7, 11) is -1.85. The van der Waals surface area contributed by atoms with E-state index in [1.807, 2.05) is 6.07 Å². The minimum atomic E-state index is -1.85. The molecule has 0 aromatic heterocycles. The summed E-state index contributed by atoms with van der Waals surface area (Å²) in [6.45, 7) is 17.0. The number of hydrogen-bond donors (Lipinski definition) is 2. The summed E-state index contributed by atoms with van der Waals surface area (Å²) < 4.78 is 21.8. The number of halogens is 3. The predicted octanol–water partition coefficient (Wildman–Crippen LogP) is 8.11. The van der Waals surface area contributed by atoms with Gasteiger partial charge in [0.25, 0.3) is 0 Å². The highest BCUT2D eigenvalue weighted by molar-refractivity contribution is 6.74. The topological polar surface area (TPSA) is 50.4 Å². The van der Waals surface area contributed by atoms with Gasteiger partial charge in [0.1, 0.15) is 5.82 Å². The molecule has 2 aliphatic rings. The van der Waals surface area contributed by atoms with Crippen LogP contribution in [0.25, 0.3) is 0 Å². The van der Waals surface area contributed by atoms with Gasteiger partial charge < -0.3 is 15.1 Å². The van der Waals surface area contributed by atoms with Gasteiger partial charge in [0.05, 0.1) is 16.5 Å². The van der Waals surface area contributed by atoms with E-state index in [9.17, 15) is 4.79 Å². The average molecular weight is 566 g/mol. The van der Waals surface area contributed by atoms with Gasteiger partial charge >= 0.3 is 0 Å². The smallest absolute Gasteiger partial charge is 0.237 e. The van der Waals surface area contributed by atoms with Crippen molar-refractivity contribution in [1.82, 2.24) is 5.32 Å². The minimum absolute atomic E-state index is 0.0516. The number of benzene rings is 2. The summed E-state index contributed by atoms with van der Waals surface area (Å²) in [5.74, 6) is -0.683. The number of anilines is 1. The molecule has 8 heteroatoms. The van der Waals surface area contributed by atoms with E-state index < -0.39 is 25.6 Å². The van der Waals surface area contributed by atoms with Crippen LogP contribution < -0.4 is 10.6 Å². The largest absolute Gasteiger partial charge is 0.417 e. The molecule has 0 saturated carbocycles. The lowest BCUT2D eigenvalue weighted by Crippen LogP contribution is -2.46. The molecule has 3 unspecified atom stereocenters. The number of carbonyl (C=O) groups is 1. The second-order valence-corrected chi connectivity index (χ2v) is 18.6. The molecule has 2 aromatic rings. The highest BCUT2D eigenvalue weighted by Gasteiger charge is 2.61. The van der Waals surface area contributed by atoms with Gasteiger partial charge in [-0.1, -0.05) is 76.0 Å². The highest BCUT2D eigenvalue weighted by atomic mass is 35.5. The quantitative estimate of drug-likeness (QED) is 0.334. The van der Waals surface area contributed by atoms with Crippen LogP contribution in [-0.2, 0) is 14.6 Å². The first-order chi connectivity index (χ1) is 17.1. The third-order valence-electron chi connectivity index (χ3n) is 8.86. The van der Waals surface area contributed by atoms with Crippen LogP contribution in [0.5, 0.6) is 0 Å². The van der Waals surface area contributed by atoms with Crippen LogP contribution in [0.15, 0.2) is 36.4 Å². The van der Waals surface area contributed by atoms with Gasteiger partial charge in [0, 0.05) is 29.4 Å². The lowest BCUT2D eigenvalue weighted by atomic mass is 9.63. The summed E-state index contributed by atoms with van der Waals surface area (Å²) in [5.41, 5.74) is 0.876. The lowest BCUT2D eigenvalue weighted by Gasteiger charge is -2.40. The molecule has 3 atom stereocenters. The van der Waals surface area contributed by atoms with E-state index >= 15 is 4.39 Å². The fourth-order valence-electron chi connectivity index (χ4n) is 5.74. The summed E-state index contributed by atoms with van der Waals surface area (Å²) in [5, 5.41) is 7.33. The van der Waals surface area contributed by atoms with Crippen LogP contribution >= 0.6 is 23.2 Å².